The van der Waals surface area contributed by atoms with Crippen molar-refractivity contribution in [3.63, 3.8) is 0 Å². The normalized spacial score (nSPS) is 22.2. The van der Waals surface area contributed by atoms with Crippen LogP contribution in [-0.2, 0) is 0 Å². The van der Waals surface area contributed by atoms with Crippen molar-refractivity contribution in [2.45, 2.75) is 58.8 Å². The zero-order valence-corrected chi connectivity index (χ0v) is 8.68. The summed E-state index contributed by atoms with van der Waals surface area (Å²) in [6.07, 6.45) is 12.7. The summed E-state index contributed by atoms with van der Waals surface area (Å²) in [5, 5.41) is 0. The molecule has 0 amide bonds. The van der Waals surface area contributed by atoms with Gasteiger partial charge in [0.1, 0.15) is 0 Å². The monoisotopic (exact) mass is 167 g/mol. The smallest absolute Gasteiger partial charge is 0.0355 e. The Morgan fingerprint density at radius 2 is 1.92 bits per heavy atom. The van der Waals surface area contributed by atoms with E-state index in [1.165, 1.54) is 44.9 Å². The van der Waals surface area contributed by atoms with Gasteiger partial charge in [0.25, 0.3) is 0 Å². The minimum atomic E-state index is 0.880. The predicted molar refractivity (Wildman–Crippen MR) is 54.9 cm³/mol. The van der Waals surface area contributed by atoms with Gasteiger partial charge in [-0.15, -0.1) is 0 Å². The fourth-order valence-electron chi connectivity index (χ4n) is 2.20. The van der Waals surface area contributed by atoms with Crippen LogP contribution >= 0.6 is 0 Å². The maximum absolute atomic E-state index is 2.58. The molecule has 1 atom stereocenters. The quantitative estimate of drug-likeness (QED) is 0.578. The minimum absolute atomic E-state index is 0.880. The molecule has 1 unspecified atom stereocenters. The van der Waals surface area contributed by atoms with Gasteiger partial charge < -0.3 is 0 Å². The van der Waals surface area contributed by atoms with Crippen LogP contribution in [0.5, 0.6) is 0 Å². The second-order valence-corrected chi connectivity index (χ2v) is 4.62. The van der Waals surface area contributed by atoms with Crippen molar-refractivity contribution in [1.29, 1.82) is 0 Å². The molecule has 0 heteroatoms. The first-order valence-electron chi connectivity index (χ1n) is 5.62. The molecule has 1 rings (SSSR count). The summed E-state index contributed by atoms with van der Waals surface area (Å²) in [6, 6.07) is 0. The Morgan fingerprint density at radius 1 is 1.17 bits per heavy atom. The van der Waals surface area contributed by atoms with Gasteiger partial charge in [-0.2, -0.15) is 0 Å². The highest BCUT2D eigenvalue weighted by atomic mass is 14.2. The molecule has 1 aliphatic carbocycles. The molecule has 0 N–H and O–H groups in total. The van der Waals surface area contributed by atoms with E-state index in [-0.39, 0.29) is 0 Å². The highest BCUT2D eigenvalue weighted by Crippen LogP contribution is 2.26. The van der Waals surface area contributed by atoms with Crippen molar-refractivity contribution >= 4 is 0 Å². The molecule has 0 bridgehead atoms. The molecule has 0 nitrogen and oxygen atoms in total. The Hall–Kier alpha value is 0. The molecule has 0 aromatic rings. The third kappa shape index (κ3) is 4.13. The van der Waals surface area contributed by atoms with Gasteiger partial charge in [-0.3, -0.25) is 0 Å². The van der Waals surface area contributed by atoms with E-state index < -0.39 is 0 Å². The van der Waals surface area contributed by atoms with Gasteiger partial charge in [-0.1, -0.05) is 46.0 Å². The van der Waals surface area contributed by atoms with E-state index in [0.29, 0.717) is 0 Å². The molecular formula is C12H23. The van der Waals surface area contributed by atoms with E-state index in [0.717, 1.165) is 11.8 Å². The van der Waals surface area contributed by atoms with E-state index >= 15 is 0 Å². The molecule has 0 heterocycles. The summed E-state index contributed by atoms with van der Waals surface area (Å²) in [6.45, 7) is 4.68. The predicted octanol–water partition coefficient (Wildman–Crippen LogP) is 4.21. The van der Waals surface area contributed by atoms with Crippen LogP contribution in [0.1, 0.15) is 58.8 Å². The first kappa shape index (κ1) is 10.1. The lowest BCUT2D eigenvalue weighted by Gasteiger charge is -2.20. The van der Waals surface area contributed by atoms with Gasteiger partial charge in [0.05, 0.1) is 0 Å². The third-order valence-corrected chi connectivity index (χ3v) is 2.80. The van der Waals surface area contributed by atoms with Crippen LogP contribution in [0.4, 0.5) is 0 Å². The van der Waals surface area contributed by atoms with Gasteiger partial charge >= 0.3 is 0 Å². The maximum Gasteiger partial charge on any atom is -0.0355 e. The van der Waals surface area contributed by atoms with Crippen LogP contribution in [0.25, 0.3) is 0 Å². The summed E-state index contributed by atoms with van der Waals surface area (Å²) in [5.74, 6) is 1.82. The van der Waals surface area contributed by atoms with Crippen molar-refractivity contribution in [3.8, 4) is 0 Å². The lowest BCUT2D eigenvalue weighted by atomic mass is 9.85. The average molecular weight is 167 g/mol. The van der Waals surface area contributed by atoms with Gasteiger partial charge in [-0.25, -0.2) is 0 Å². The van der Waals surface area contributed by atoms with Crippen molar-refractivity contribution in [3.05, 3.63) is 6.42 Å². The fraction of sp³-hybridized carbons (Fsp3) is 0.917. The Balaban J connectivity index is 2.20. The maximum atomic E-state index is 2.58. The van der Waals surface area contributed by atoms with Crippen molar-refractivity contribution < 1.29 is 0 Å². The largest absolute Gasteiger partial charge is 0.0628 e. The second kappa shape index (κ2) is 5.61. The molecule has 1 aliphatic rings. The summed E-state index contributed by atoms with van der Waals surface area (Å²) < 4.78 is 0. The average Bonchev–Trinajstić information content (AvgIpc) is 1.93. The van der Waals surface area contributed by atoms with E-state index in [9.17, 15) is 0 Å². The molecule has 0 aromatic carbocycles. The molecular weight excluding hydrogens is 144 g/mol. The van der Waals surface area contributed by atoms with Gasteiger partial charge in [-0.05, 0) is 31.1 Å². The van der Waals surface area contributed by atoms with E-state index in [1.807, 2.05) is 0 Å². The molecule has 0 saturated heterocycles. The third-order valence-electron chi connectivity index (χ3n) is 2.80. The van der Waals surface area contributed by atoms with Gasteiger partial charge in [0.2, 0.25) is 0 Å². The van der Waals surface area contributed by atoms with E-state index in [4.69, 9.17) is 0 Å². The van der Waals surface area contributed by atoms with Crippen LogP contribution in [0.3, 0.4) is 0 Å². The molecule has 1 radical (unpaired) electrons. The van der Waals surface area contributed by atoms with Crippen LogP contribution in [0, 0.1) is 18.3 Å². The molecule has 12 heavy (non-hydrogen) atoms. The van der Waals surface area contributed by atoms with E-state index in [1.54, 1.807) is 0 Å². The minimum Gasteiger partial charge on any atom is -0.0628 e. The fourth-order valence-corrected chi connectivity index (χ4v) is 2.20. The number of hydrogen-bond donors (Lipinski definition) is 0. The highest BCUT2D eigenvalue weighted by molar-refractivity contribution is 4.79. The van der Waals surface area contributed by atoms with Crippen molar-refractivity contribution in [1.82, 2.24) is 0 Å². The number of rotatable bonds is 2. The summed E-state index contributed by atoms with van der Waals surface area (Å²) in [7, 11) is 0. The van der Waals surface area contributed by atoms with E-state index in [2.05, 4.69) is 20.3 Å². The van der Waals surface area contributed by atoms with Crippen LogP contribution in [-0.4, -0.2) is 0 Å². The van der Waals surface area contributed by atoms with Gasteiger partial charge in [0, 0.05) is 0 Å². The van der Waals surface area contributed by atoms with Crippen LogP contribution in [0.2, 0.25) is 0 Å². The van der Waals surface area contributed by atoms with Crippen molar-refractivity contribution in [2.24, 2.45) is 11.8 Å². The summed E-state index contributed by atoms with van der Waals surface area (Å²) >= 11 is 0. The van der Waals surface area contributed by atoms with Crippen molar-refractivity contribution in [2.75, 3.05) is 0 Å². The second-order valence-electron chi connectivity index (χ2n) is 4.62. The molecule has 0 aliphatic heterocycles. The first-order valence-corrected chi connectivity index (χ1v) is 5.62. The van der Waals surface area contributed by atoms with Crippen LogP contribution < -0.4 is 0 Å². The SMILES string of the molecule is CC(C)CC1[CH]CCCCCC1. The Kier molecular flexibility index (Phi) is 4.72. The van der Waals surface area contributed by atoms with Gasteiger partial charge in [0.15, 0.2) is 0 Å². The molecule has 1 fully saturated rings. The first-order chi connectivity index (χ1) is 5.79. The topological polar surface area (TPSA) is 0 Å². The molecule has 71 valence electrons. The molecule has 0 spiro atoms. The zero-order valence-electron chi connectivity index (χ0n) is 8.68. The summed E-state index contributed by atoms with van der Waals surface area (Å²) in [5.41, 5.74) is 0. The highest BCUT2D eigenvalue weighted by Gasteiger charge is 2.12. The number of hydrogen-bond acceptors (Lipinski definition) is 0. The Morgan fingerprint density at radius 3 is 2.67 bits per heavy atom. The molecule has 1 saturated carbocycles. The summed E-state index contributed by atoms with van der Waals surface area (Å²) in [4.78, 5) is 0. The lowest BCUT2D eigenvalue weighted by molar-refractivity contribution is 0.384. The van der Waals surface area contributed by atoms with Crippen LogP contribution in [0.15, 0.2) is 0 Å². The Labute approximate surface area is 77.7 Å². The Bertz CT molecular complexity index is 96.6. The lowest BCUT2D eigenvalue weighted by Crippen LogP contribution is -2.07. The zero-order chi connectivity index (χ0) is 8.81. The standard InChI is InChI=1S/C12H23/c1-11(2)10-12-8-6-4-3-5-7-9-12/h8,11-12H,3-7,9-10H2,1-2H3. The molecule has 0 aromatic heterocycles.